The zero-order chi connectivity index (χ0) is 24.1. The maximum Gasteiger partial charge on any atom is 0.253 e. The van der Waals surface area contributed by atoms with E-state index in [9.17, 15) is 18.1 Å². The van der Waals surface area contributed by atoms with Crippen LogP contribution in [0.15, 0.2) is 52.4 Å². The van der Waals surface area contributed by atoms with Crippen molar-refractivity contribution in [1.82, 2.24) is 14.1 Å². The van der Waals surface area contributed by atoms with Crippen LogP contribution in [0.25, 0.3) is 11.8 Å². The summed E-state index contributed by atoms with van der Waals surface area (Å²) >= 11 is 1.24. The Morgan fingerprint density at radius 2 is 2.06 bits per heavy atom. The number of thiophene rings is 1. The molecule has 0 bridgehead atoms. The summed E-state index contributed by atoms with van der Waals surface area (Å²) in [5.74, 6) is -0.200. The van der Waals surface area contributed by atoms with E-state index < -0.39 is 10.0 Å². The molecule has 0 spiro atoms. The zero-order valence-corrected chi connectivity index (χ0v) is 20.7. The van der Waals surface area contributed by atoms with Crippen LogP contribution in [0, 0.1) is 35.4 Å². The molecule has 176 valence electrons. The second kappa shape index (κ2) is 8.45. The molecule has 0 radical (unpaired) electrons. The first-order valence-electron chi connectivity index (χ1n) is 11.2. The molecule has 3 aromatic rings. The predicted molar refractivity (Wildman–Crippen MR) is 129 cm³/mol. The Labute approximate surface area is 203 Å². The standard InChI is InChI=1S/C25H25FN4O2S2/c1-17-3-10-24(33-17)34(31,32)29(12-11-27)16-20-5-4-19-13-23-18(14-25(19,20)2)15-28-30(23)22-8-6-21(26)7-9-22/h3,6-10,13,15,20H,4-5,12,14,16H2,1-2H3/t20-,25+/m1/s1. The first-order chi connectivity index (χ1) is 16.2. The Kier molecular flexibility index (Phi) is 5.71. The number of rotatable bonds is 6. The maximum atomic E-state index is 13.4. The Bertz CT molecular complexity index is 1420. The molecule has 9 heteroatoms. The third-order valence-electron chi connectivity index (χ3n) is 7.20. The number of hydrogen-bond acceptors (Lipinski definition) is 5. The molecular weight excluding hydrogens is 471 g/mol. The van der Waals surface area contributed by atoms with E-state index in [4.69, 9.17) is 0 Å². The number of nitrogens with zero attached hydrogens (tertiary/aromatic N) is 4. The van der Waals surface area contributed by atoms with E-state index in [2.05, 4.69) is 18.1 Å². The van der Waals surface area contributed by atoms with Crippen molar-refractivity contribution >= 4 is 27.4 Å². The molecule has 2 aromatic heterocycles. The molecule has 0 N–H and O–H groups in total. The SMILES string of the molecule is Cc1ccc(S(=O)(=O)N(CC#N)C[C@H]2CCC3=Cc4c(cnn4-c4ccc(F)cc4)C[C@@]32C)s1. The number of fused-ring (bicyclic) bond motifs is 2. The average molecular weight is 497 g/mol. The summed E-state index contributed by atoms with van der Waals surface area (Å²) in [6.07, 6.45) is 6.50. The number of aryl methyl sites for hydroxylation is 1. The van der Waals surface area contributed by atoms with Crippen LogP contribution in [0.3, 0.4) is 0 Å². The first kappa shape index (κ1) is 23.0. The molecule has 2 aliphatic rings. The van der Waals surface area contributed by atoms with Gasteiger partial charge in [-0.05, 0) is 85.6 Å². The third kappa shape index (κ3) is 3.80. The molecule has 0 aliphatic heterocycles. The van der Waals surface area contributed by atoms with Crippen LogP contribution in [-0.2, 0) is 16.4 Å². The lowest BCUT2D eigenvalue weighted by Gasteiger charge is -2.37. The fraction of sp³-hybridized carbons (Fsp3) is 0.360. The number of benzene rings is 1. The minimum atomic E-state index is -3.73. The van der Waals surface area contributed by atoms with Gasteiger partial charge in [-0.1, -0.05) is 12.5 Å². The smallest absolute Gasteiger partial charge is 0.233 e. The fourth-order valence-corrected chi connectivity index (χ4v) is 8.08. The van der Waals surface area contributed by atoms with Crippen LogP contribution >= 0.6 is 11.3 Å². The molecule has 0 saturated heterocycles. The molecule has 0 amide bonds. The van der Waals surface area contributed by atoms with Crippen molar-refractivity contribution in [1.29, 1.82) is 5.26 Å². The second-order valence-electron chi connectivity index (χ2n) is 9.26. The monoisotopic (exact) mass is 496 g/mol. The van der Waals surface area contributed by atoms with E-state index in [0.717, 1.165) is 41.1 Å². The number of nitriles is 1. The number of allylic oxidation sites excluding steroid dienone is 1. The number of sulfonamides is 1. The van der Waals surface area contributed by atoms with Crippen molar-refractivity contribution in [2.24, 2.45) is 11.3 Å². The highest BCUT2D eigenvalue weighted by atomic mass is 32.2. The lowest BCUT2D eigenvalue weighted by atomic mass is 9.70. The number of halogens is 1. The maximum absolute atomic E-state index is 13.4. The van der Waals surface area contributed by atoms with E-state index in [1.165, 1.54) is 33.3 Å². The van der Waals surface area contributed by atoms with Gasteiger partial charge >= 0.3 is 0 Å². The molecule has 1 saturated carbocycles. The Morgan fingerprint density at radius 3 is 2.74 bits per heavy atom. The van der Waals surface area contributed by atoms with Gasteiger partial charge in [0.05, 0.1) is 23.6 Å². The van der Waals surface area contributed by atoms with Gasteiger partial charge in [0.25, 0.3) is 10.0 Å². The van der Waals surface area contributed by atoms with E-state index >= 15 is 0 Å². The number of hydrogen-bond donors (Lipinski definition) is 0. The summed E-state index contributed by atoms with van der Waals surface area (Å²) in [7, 11) is -3.73. The van der Waals surface area contributed by atoms with Crippen LogP contribution in [0.2, 0.25) is 0 Å². The van der Waals surface area contributed by atoms with Crippen molar-refractivity contribution in [3.05, 3.63) is 70.1 Å². The highest BCUT2D eigenvalue weighted by Crippen LogP contribution is 2.53. The van der Waals surface area contributed by atoms with Crippen LogP contribution in [-0.4, -0.2) is 35.6 Å². The zero-order valence-electron chi connectivity index (χ0n) is 19.0. The summed E-state index contributed by atoms with van der Waals surface area (Å²) in [4.78, 5) is 0.923. The highest BCUT2D eigenvalue weighted by Gasteiger charge is 2.47. The lowest BCUT2D eigenvalue weighted by molar-refractivity contribution is 0.228. The molecule has 34 heavy (non-hydrogen) atoms. The van der Waals surface area contributed by atoms with Gasteiger partial charge in [0, 0.05) is 11.4 Å². The molecule has 6 nitrogen and oxygen atoms in total. The summed E-state index contributed by atoms with van der Waals surface area (Å²) in [5, 5.41) is 13.9. The van der Waals surface area contributed by atoms with Crippen molar-refractivity contribution in [2.75, 3.05) is 13.1 Å². The van der Waals surface area contributed by atoms with Crippen molar-refractivity contribution in [3.8, 4) is 11.8 Å². The molecule has 2 aliphatic carbocycles. The second-order valence-corrected chi connectivity index (χ2v) is 12.7. The van der Waals surface area contributed by atoms with Gasteiger partial charge in [-0.2, -0.15) is 14.7 Å². The highest BCUT2D eigenvalue weighted by molar-refractivity contribution is 7.91. The van der Waals surface area contributed by atoms with Crippen molar-refractivity contribution < 1.29 is 12.8 Å². The summed E-state index contributed by atoms with van der Waals surface area (Å²) in [5.41, 5.74) is 3.95. The average Bonchev–Trinajstić information content (AvgIpc) is 3.50. The van der Waals surface area contributed by atoms with Gasteiger partial charge in [0.2, 0.25) is 0 Å². The molecular formula is C25H25FN4O2S2. The number of aromatic nitrogens is 2. The van der Waals surface area contributed by atoms with Crippen LogP contribution in [0.1, 0.15) is 35.9 Å². The van der Waals surface area contributed by atoms with Gasteiger partial charge in [0.15, 0.2) is 0 Å². The third-order valence-corrected chi connectivity index (χ3v) is 10.5. The van der Waals surface area contributed by atoms with E-state index in [1.807, 2.05) is 23.9 Å². The van der Waals surface area contributed by atoms with Crippen LogP contribution in [0.4, 0.5) is 4.39 Å². The predicted octanol–water partition coefficient (Wildman–Crippen LogP) is 4.95. The quantitative estimate of drug-likeness (QED) is 0.452. The molecule has 1 aromatic carbocycles. The topological polar surface area (TPSA) is 79.0 Å². The Morgan fingerprint density at radius 1 is 1.29 bits per heavy atom. The molecule has 2 heterocycles. The molecule has 5 rings (SSSR count). The van der Waals surface area contributed by atoms with Gasteiger partial charge in [0.1, 0.15) is 16.6 Å². The van der Waals surface area contributed by atoms with Crippen LogP contribution in [0.5, 0.6) is 0 Å². The summed E-state index contributed by atoms with van der Waals surface area (Å²) in [6.45, 7) is 4.21. The largest absolute Gasteiger partial charge is 0.253 e. The van der Waals surface area contributed by atoms with Gasteiger partial charge < -0.3 is 0 Å². The summed E-state index contributed by atoms with van der Waals surface area (Å²) in [6, 6.07) is 11.7. The normalized spacial score (nSPS) is 21.7. The summed E-state index contributed by atoms with van der Waals surface area (Å²) < 4.78 is 43.4. The lowest BCUT2D eigenvalue weighted by Crippen LogP contribution is -2.40. The van der Waals surface area contributed by atoms with E-state index in [0.29, 0.717) is 6.54 Å². The minimum Gasteiger partial charge on any atom is -0.233 e. The van der Waals surface area contributed by atoms with E-state index in [-0.39, 0.29) is 27.9 Å². The fourth-order valence-electron chi connectivity index (χ4n) is 5.26. The minimum absolute atomic E-state index is 0.0882. The molecule has 0 unspecified atom stereocenters. The molecule has 2 atom stereocenters. The Hall–Kier alpha value is -2.80. The van der Waals surface area contributed by atoms with Crippen molar-refractivity contribution in [2.45, 2.75) is 37.3 Å². The van der Waals surface area contributed by atoms with Gasteiger partial charge in [-0.3, -0.25) is 0 Å². The molecule has 1 fully saturated rings. The van der Waals surface area contributed by atoms with Crippen molar-refractivity contribution in [3.63, 3.8) is 0 Å². The van der Waals surface area contributed by atoms with Gasteiger partial charge in [-0.15, -0.1) is 11.3 Å². The van der Waals surface area contributed by atoms with Crippen LogP contribution < -0.4 is 0 Å². The van der Waals surface area contributed by atoms with Gasteiger partial charge in [-0.25, -0.2) is 17.5 Å². The Balaban J connectivity index is 1.44. The van der Waals surface area contributed by atoms with E-state index in [1.54, 1.807) is 24.3 Å². The first-order valence-corrected chi connectivity index (χ1v) is 13.5.